The van der Waals surface area contributed by atoms with Crippen LogP contribution in [-0.4, -0.2) is 19.2 Å². The Labute approximate surface area is 129 Å². The number of rotatable bonds is 4. The molecule has 4 heteroatoms. The predicted octanol–water partition coefficient (Wildman–Crippen LogP) is 4.86. The van der Waals surface area contributed by atoms with Crippen molar-refractivity contribution in [2.24, 2.45) is 0 Å². The monoisotopic (exact) mass is 306 g/mol. The van der Waals surface area contributed by atoms with E-state index < -0.39 is 6.04 Å². The van der Waals surface area contributed by atoms with Crippen molar-refractivity contribution in [3.8, 4) is 0 Å². The Morgan fingerprint density at radius 1 is 1.19 bits per heavy atom. The molecule has 1 unspecified atom stereocenters. The van der Waals surface area contributed by atoms with Crippen molar-refractivity contribution in [2.45, 2.75) is 6.04 Å². The van der Waals surface area contributed by atoms with Gasteiger partial charge in [-0.2, -0.15) is 0 Å². The topological polar surface area (TPSA) is 20.2 Å². The van der Waals surface area contributed by atoms with Gasteiger partial charge in [0.2, 0.25) is 0 Å². The fourth-order valence-electron chi connectivity index (χ4n) is 2.58. The Bertz CT molecular complexity index is 669. The zero-order valence-corrected chi connectivity index (χ0v) is 12.8. The molecule has 0 heterocycles. The number of hydrogen-bond acceptors (Lipinski definition) is 1. The van der Waals surface area contributed by atoms with Crippen molar-refractivity contribution in [3.63, 3.8) is 0 Å². The molecule has 0 radical (unpaired) electrons. The molecule has 1 N–H and O–H groups in total. The lowest BCUT2D eigenvalue weighted by atomic mass is 10.0. The standard InChI is InChI=1S/C17H17ClFNO/c1-12(21)17(15-9-4-5-10-16(15)18)20(2,3)14-8-6-7-13(19)11-14/h4-11,17H,1H2,2-3H3/p+1. The van der Waals surface area contributed by atoms with Crippen LogP contribution >= 0.6 is 11.6 Å². The van der Waals surface area contributed by atoms with Gasteiger partial charge in [0.15, 0.2) is 6.04 Å². The highest BCUT2D eigenvalue weighted by atomic mass is 35.5. The van der Waals surface area contributed by atoms with Gasteiger partial charge in [-0.15, -0.1) is 0 Å². The lowest BCUT2D eigenvalue weighted by Gasteiger charge is -2.37. The number of benzene rings is 2. The van der Waals surface area contributed by atoms with Gasteiger partial charge >= 0.3 is 0 Å². The van der Waals surface area contributed by atoms with Gasteiger partial charge in [-0.3, -0.25) is 4.48 Å². The first-order chi connectivity index (χ1) is 9.84. The van der Waals surface area contributed by atoms with E-state index in [0.29, 0.717) is 5.02 Å². The summed E-state index contributed by atoms with van der Waals surface area (Å²) in [6, 6.07) is 13.1. The van der Waals surface area contributed by atoms with E-state index in [4.69, 9.17) is 11.6 Å². The summed E-state index contributed by atoms with van der Waals surface area (Å²) < 4.78 is 13.7. The highest BCUT2D eigenvalue weighted by molar-refractivity contribution is 6.31. The summed E-state index contributed by atoms with van der Waals surface area (Å²) in [5.41, 5.74) is 1.47. The number of likely N-dealkylation sites (N-methyl/N-ethyl adjacent to an activating group) is 1. The minimum Gasteiger partial charge on any atom is -0.506 e. The van der Waals surface area contributed by atoms with Gasteiger partial charge < -0.3 is 5.11 Å². The fourth-order valence-corrected chi connectivity index (χ4v) is 2.82. The second-order valence-electron chi connectivity index (χ2n) is 5.44. The highest BCUT2D eigenvalue weighted by Gasteiger charge is 2.36. The number of nitrogens with zero attached hydrogens (tertiary/aromatic N) is 1. The fraction of sp³-hybridized carbons (Fsp3) is 0.176. The van der Waals surface area contributed by atoms with Gasteiger partial charge in [0.05, 0.1) is 19.1 Å². The molecule has 2 nitrogen and oxygen atoms in total. The summed E-state index contributed by atoms with van der Waals surface area (Å²) >= 11 is 6.25. The van der Waals surface area contributed by atoms with Gasteiger partial charge in [0.1, 0.15) is 17.3 Å². The first-order valence-corrected chi connectivity index (χ1v) is 6.94. The zero-order chi connectivity index (χ0) is 15.6. The average Bonchev–Trinajstić information content (AvgIpc) is 2.40. The van der Waals surface area contributed by atoms with Gasteiger partial charge in [0.25, 0.3) is 0 Å². The molecule has 2 aromatic rings. The summed E-state index contributed by atoms with van der Waals surface area (Å²) in [6.45, 7) is 3.67. The maximum absolute atomic E-state index is 13.5. The van der Waals surface area contributed by atoms with Crippen LogP contribution < -0.4 is 4.48 Å². The Morgan fingerprint density at radius 3 is 2.43 bits per heavy atom. The highest BCUT2D eigenvalue weighted by Crippen LogP contribution is 2.38. The van der Waals surface area contributed by atoms with E-state index in [1.165, 1.54) is 12.1 Å². The smallest absolute Gasteiger partial charge is 0.177 e. The summed E-state index contributed by atoms with van der Waals surface area (Å²) in [5.74, 6) is -0.336. The molecule has 1 atom stereocenters. The first-order valence-electron chi connectivity index (χ1n) is 6.56. The number of quaternary nitrogens is 1. The molecule has 2 aromatic carbocycles. The molecule has 0 aliphatic carbocycles. The second kappa shape index (κ2) is 5.88. The van der Waals surface area contributed by atoms with Crippen LogP contribution in [0.5, 0.6) is 0 Å². The second-order valence-corrected chi connectivity index (χ2v) is 5.84. The van der Waals surface area contributed by atoms with Crippen LogP contribution in [-0.2, 0) is 0 Å². The molecule has 0 fully saturated rings. The Kier molecular flexibility index (Phi) is 4.35. The maximum atomic E-state index is 13.5. The van der Waals surface area contributed by atoms with Gasteiger partial charge in [-0.1, -0.05) is 42.4 Å². The Morgan fingerprint density at radius 2 is 1.86 bits per heavy atom. The number of aliphatic hydroxyl groups is 1. The SMILES string of the molecule is C=C(O)C(c1ccccc1Cl)[N+](C)(C)c1cccc(F)c1. The predicted molar refractivity (Wildman–Crippen MR) is 86.0 cm³/mol. The van der Waals surface area contributed by atoms with Crippen LogP contribution in [0.15, 0.2) is 60.9 Å². The Hall–Kier alpha value is -1.84. The lowest BCUT2D eigenvalue weighted by molar-refractivity contribution is 0.246. The minimum atomic E-state index is -0.486. The van der Waals surface area contributed by atoms with Crippen molar-refractivity contribution < 1.29 is 9.50 Å². The average molecular weight is 307 g/mol. The summed E-state index contributed by atoms with van der Waals surface area (Å²) in [5, 5.41) is 10.6. The third kappa shape index (κ3) is 3.09. The molecule has 21 heavy (non-hydrogen) atoms. The molecule has 0 aliphatic heterocycles. The van der Waals surface area contributed by atoms with E-state index in [9.17, 15) is 9.50 Å². The van der Waals surface area contributed by atoms with Crippen LogP contribution in [0.1, 0.15) is 11.6 Å². The molecule has 0 amide bonds. The van der Waals surface area contributed by atoms with Crippen molar-refractivity contribution >= 4 is 17.3 Å². The van der Waals surface area contributed by atoms with Crippen molar-refractivity contribution in [2.75, 3.05) is 14.1 Å². The minimum absolute atomic E-state index is 0.0163. The third-order valence-corrected chi connectivity index (χ3v) is 3.98. The van der Waals surface area contributed by atoms with Gasteiger partial charge in [-0.25, -0.2) is 4.39 Å². The van der Waals surface area contributed by atoms with Crippen molar-refractivity contribution in [3.05, 3.63) is 77.3 Å². The van der Waals surface area contributed by atoms with Gasteiger partial charge in [0, 0.05) is 11.6 Å². The summed E-state index contributed by atoms with van der Waals surface area (Å²) in [4.78, 5) is 0. The number of aliphatic hydroxyl groups excluding tert-OH is 1. The van der Waals surface area contributed by atoms with Crippen molar-refractivity contribution in [1.29, 1.82) is 0 Å². The molecule has 0 saturated carbocycles. The van der Waals surface area contributed by atoms with Gasteiger partial charge in [-0.05, 0) is 18.2 Å². The Balaban J connectivity index is 2.57. The molecule has 110 valence electrons. The van der Waals surface area contributed by atoms with E-state index in [1.807, 2.05) is 38.4 Å². The number of halogens is 2. The first kappa shape index (κ1) is 15.5. The lowest BCUT2D eigenvalue weighted by Crippen LogP contribution is -2.45. The maximum Gasteiger partial charge on any atom is 0.177 e. The summed E-state index contributed by atoms with van der Waals surface area (Å²) in [6.07, 6.45) is 0. The quantitative estimate of drug-likeness (QED) is 0.632. The van der Waals surface area contributed by atoms with E-state index in [-0.39, 0.29) is 16.1 Å². The van der Waals surface area contributed by atoms with E-state index in [0.717, 1.165) is 11.3 Å². The third-order valence-electron chi connectivity index (χ3n) is 3.63. The van der Waals surface area contributed by atoms with Crippen LogP contribution in [0.4, 0.5) is 10.1 Å². The summed E-state index contributed by atoms with van der Waals surface area (Å²) in [7, 11) is 3.76. The molecule has 0 saturated heterocycles. The molecular weight excluding hydrogens is 289 g/mol. The van der Waals surface area contributed by atoms with E-state index >= 15 is 0 Å². The van der Waals surface area contributed by atoms with Crippen LogP contribution in [0.2, 0.25) is 5.02 Å². The normalized spacial score (nSPS) is 13.0. The van der Waals surface area contributed by atoms with E-state index in [1.54, 1.807) is 12.1 Å². The molecule has 0 bridgehead atoms. The largest absolute Gasteiger partial charge is 0.506 e. The van der Waals surface area contributed by atoms with Crippen LogP contribution in [0, 0.1) is 5.82 Å². The van der Waals surface area contributed by atoms with Crippen molar-refractivity contribution in [1.82, 2.24) is 4.48 Å². The molecule has 0 spiro atoms. The number of hydrogen-bond donors (Lipinski definition) is 1. The molecule has 2 rings (SSSR count). The van der Waals surface area contributed by atoms with Crippen LogP contribution in [0.3, 0.4) is 0 Å². The molecular formula is C17H18ClFNO+. The van der Waals surface area contributed by atoms with Crippen LogP contribution in [0.25, 0.3) is 0 Å². The molecule has 0 aromatic heterocycles. The zero-order valence-electron chi connectivity index (χ0n) is 12.1. The molecule has 0 aliphatic rings. The van der Waals surface area contributed by atoms with E-state index in [2.05, 4.69) is 6.58 Å².